The second-order valence-corrected chi connectivity index (χ2v) is 6.49. The Morgan fingerprint density at radius 3 is 2.39 bits per heavy atom. The molecule has 1 amide bonds. The molecule has 0 heterocycles. The van der Waals surface area contributed by atoms with Gasteiger partial charge < -0.3 is 14.8 Å². The molecule has 2 aromatic carbocycles. The summed E-state index contributed by atoms with van der Waals surface area (Å²) in [6.07, 6.45) is 0.740. The lowest BCUT2D eigenvalue weighted by molar-refractivity contribution is -0.156. The molecule has 0 aliphatic carbocycles. The number of rotatable bonds is 9. The highest BCUT2D eigenvalue weighted by atomic mass is 16.6. The summed E-state index contributed by atoms with van der Waals surface area (Å²) in [5.74, 6) is -0.529. The second kappa shape index (κ2) is 10.7. The molecule has 0 spiro atoms. The summed E-state index contributed by atoms with van der Waals surface area (Å²) in [6, 6.07) is 18.4. The Kier molecular flexibility index (Phi) is 8.04. The van der Waals surface area contributed by atoms with Crippen molar-refractivity contribution in [3.63, 3.8) is 0 Å². The van der Waals surface area contributed by atoms with Gasteiger partial charge in [0.25, 0.3) is 5.91 Å². The Morgan fingerprint density at radius 1 is 1.07 bits per heavy atom. The smallest absolute Gasteiger partial charge is 0.344 e. The molecule has 0 aliphatic rings. The highest BCUT2D eigenvalue weighted by Crippen LogP contribution is 2.11. The maximum absolute atomic E-state index is 12.2. The number of nitrogens with one attached hydrogen (secondary N) is 1. The fraction of sp³-hybridized carbons (Fsp3) is 0.318. The largest absolute Gasteiger partial charge is 0.482 e. The van der Waals surface area contributed by atoms with Crippen molar-refractivity contribution >= 4 is 11.9 Å². The van der Waals surface area contributed by atoms with Crippen LogP contribution in [0.3, 0.4) is 0 Å². The van der Waals surface area contributed by atoms with Gasteiger partial charge >= 0.3 is 5.97 Å². The van der Waals surface area contributed by atoms with E-state index in [1.54, 1.807) is 24.3 Å². The van der Waals surface area contributed by atoms with E-state index >= 15 is 0 Å². The SMILES string of the molecule is C[C@@H](CCc1ccccc1)NC(=O)[C@@H](C)OC(=O)COc1ccc(C#N)cc1. The maximum atomic E-state index is 12.2. The minimum atomic E-state index is -0.906. The Hall–Kier alpha value is -3.33. The fourth-order valence-electron chi connectivity index (χ4n) is 2.51. The molecule has 0 bridgehead atoms. The number of ether oxygens (including phenoxy) is 2. The number of nitriles is 1. The Morgan fingerprint density at radius 2 is 1.75 bits per heavy atom. The standard InChI is InChI=1S/C22H24N2O4/c1-16(8-9-18-6-4-3-5-7-18)24-22(26)17(2)28-21(25)15-27-20-12-10-19(14-23)11-13-20/h3-7,10-13,16-17H,8-9,15H2,1-2H3,(H,24,26)/t16-,17+/m0/s1. The molecule has 0 aromatic heterocycles. The Bertz CT molecular complexity index is 813. The third kappa shape index (κ3) is 7.12. The molecule has 28 heavy (non-hydrogen) atoms. The van der Waals surface area contributed by atoms with E-state index in [1.165, 1.54) is 12.5 Å². The van der Waals surface area contributed by atoms with E-state index in [4.69, 9.17) is 14.7 Å². The third-order valence-electron chi connectivity index (χ3n) is 4.12. The number of nitrogens with zero attached hydrogens (tertiary/aromatic N) is 1. The quantitative estimate of drug-likeness (QED) is 0.676. The number of benzene rings is 2. The highest BCUT2D eigenvalue weighted by molar-refractivity contribution is 5.83. The topological polar surface area (TPSA) is 88.4 Å². The van der Waals surface area contributed by atoms with Crippen molar-refractivity contribution in [3.8, 4) is 11.8 Å². The molecule has 2 rings (SSSR count). The van der Waals surface area contributed by atoms with Crippen molar-refractivity contribution in [2.24, 2.45) is 0 Å². The van der Waals surface area contributed by atoms with E-state index < -0.39 is 12.1 Å². The summed E-state index contributed by atoms with van der Waals surface area (Å²) >= 11 is 0. The van der Waals surface area contributed by atoms with Crippen LogP contribution in [0, 0.1) is 11.3 Å². The number of carbonyl (C=O) groups excluding carboxylic acids is 2. The summed E-state index contributed by atoms with van der Waals surface area (Å²) in [7, 11) is 0. The van der Waals surface area contributed by atoms with Crippen LogP contribution in [0.1, 0.15) is 31.4 Å². The van der Waals surface area contributed by atoms with Crippen molar-refractivity contribution in [1.29, 1.82) is 5.26 Å². The van der Waals surface area contributed by atoms with Crippen LogP contribution in [0.4, 0.5) is 0 Å². The minimum absolute atomic E-state index is 0.0382. The van der Waals surface area contributed by atoms with Crippen LogP contribution in [0.2, 0.25) is 0 Å². The lowest BCUT2D eigenvalue weighted by Crippen LogP contribution is -2.41. The first-order valence-corrected chi connectivity index (χ1v) is 9.14. The molecular formula is C22H24N2O4. The van der Waals surface area contributed by atoms with Gasteiger partial charge in [0.1, 0.15) is 5.75 Å². The minimum Gasteiger partial charge on any atom is -0.482 e. The fourth-order valence-corrected chi connectivity index (χ4v) is 2.51. The van der Waals surface area contributed by atoms with Crippen molar-refractivity contribution < 1.29 is 19.1 Å². The lowest BCUT2D eigenvalue weighted by atomic mass is 10.1. The van der Waals surface area contributed by atoms with Crippen LogP contribution in [0.25, 0.3) is 0 Å². The molecule has 1 N–H and O–H groups in total. The van der Waals surface area contributed by atoms with Crippen LogP contribution in [0.15, 0.2) is 54.6 Å². The van der Waals surface area contributed by atoms with Gasteiger partial charge in [0.05, 0.1) is 11.6 Å². The summed E-state index contributed by atoms with van der Waals surface area (Å²) in [4.78, 5) is 24.1. The summed E-state index contributed by atoms with van der Waals surface area (Å²) < 4.78 is 10.4. The average molecular weight is 380 g/mol. The third-order valence-corrected chi connectivity index (χ3v) is 4.12. The molecule has 2 aromatic rings. The van der Waals surface area contributed by atoms with Gasteiger partial charge in [-0.2, -0.15) is 5.26 Å². The lowest BCUT2D eigenvalue weighted by Gasteiger charge is -2.18. The summed E-state index contributed by atoms with van der Waals surface area (Å²) in [5.41, 5.74) is 1.71. The van der Waals surface area contributed by atoms with Crippen molar-refractivity contribution in [2.75, 3.05) is 6.61 Å². The van der Waals surface area contributed by atoms with Gasteiger partial charge in [-0.1, -0.05) is 30.3 Å². The van der Waals surface area contributed by atoms with Crippen LogP contribution in [-0.2, 0) is 20.7 Å². The zero-order valence-electron chi connectivity index (χ0n) is 16.1. The number of hydrogen-bond acceptors (Lipinski definition) is 5. The van der Waals surface area contributed by atoms with E-state index in [0.717, 1.165) is 12.8 Å². The number of carbonyl (C=O) groups is 2. The first kappa shape index (κ1) is 21.0. The molecular weight excluding hydrogens is 356 g/mol. The Labute approximate surface area is 165 Å². The van der Waals surface area contributed by atoms with Gasteiger partial charge in [0.2, 0.25) is 0 Å². The van der Waals surface area contributed by atoms with Gasteiger partial charge in [-0.15, -0.1) is 0 Å². The zero-order chi connectivity index (χ0) is 20.4. The van der Waals surface area contributed by atoms with Gasteiger partial charge in [-0.05, 0) is 56.5 Å². The van der Waals surface area contributed by atoms with Crippen LogP contribution < -0.4 is 10.1 Å². The van der Waals surface area contributed by atoms with E-state index in [1.807, 2.05) is 43.3 Å². The van der Waals surface area contributed by atoms with Crippen molar-refractivity contribution in [1.82, 2.24) is 5.32 Å². The number of hydrogen-bond donors (Lipinski definition) is 1. The van der Waals surface area contributed by atoms with Gasteiger partial charge in [0.15, 0.2) is 12.7 Å². The maximum Gasteiger partial charge on any atom is 0.344 e. The van der Waals surface area contributed by atoms with Crippen LogP contribution in [-0.4, -0.2) is 30.6 Å². The van der Waals surface area contributed by atoms with Gasteiger partial charge in [-0.3, -0.25) is 4.79 Å². The van der Waals surface area contributed by atoms with Crippen molar-refractivity contribution in [2.45, 2.75) is 38.8 Å². The van der Waals surface area contributed by atoms with Gasteiger partial charge in [0, 0.05) is 6.04 Å². The highest BCUT2D eigenvalue weighted by Gasteiger charge is 2.19. The summed E-state index contributed by atoms with van der Waals surface area (Å²) in [5, 5.41) is 11.6. The van der Waals surface area contributed by atoms with E-state index in [-0.39, 0.29) is 18.6 Å². The average Bonchev–Trinajstić information content (AvgIpc) is 2.71. The Balaban J connectivity index is 1.69. The number of aryl methyl sites for hydroxylation is 1. The predicted molar refractivity (Wildman–Crippen MR) is 105 cm³/mol. The molecule has 6 nitrogen and oxygen atoms in total. The molecule has 6 heteroatoms. The normalized spacial score (nSPS) is 12.3. The molecule has 0 saturated carbocycles. The molecule has 0 radical (unpaired) electrons. The number of amides is 1. The van der Waals surface area contributed by atoms with E-state index in [0.29, 0.717) is 11.3 Å². The van der Waals surface area contributed by atoms with Gasteiger partial charge in [-0.25, -0.2) is 4.79 Å². The molecule has 0 saturated heterocycles. The predicted octanol–water partition coefficient (Wildman–Crippen LogP) is 3.01. The summed E-state index contributed by atoms with van der Waals surface area (Å²) in [6.45, 7) is 3.13. The first-order valence-electron chi connectivity index (χ1n) is 9.14. The van der Waals surface area contributed by atoms with E-state index in [9.17, 15) is 9.59 Å². The second-order valence-electron chi connectivity index (χ2n) is 6.49. The molecule has 0 aliphatic heterocycles. The van der Waals surface area contributed by atoms with Crippen molar-refractivity contribution in [3.05, 3.63) is 65.7 Å². The molecule has 0 fully saturated rings. The zero-order valence-corrected chi connectivity index (χ0v) is 16.1. The van der Waals surface area contributed by atoms with Crippen LogP contribution >= 0.6 is 0 Å². The molecule has 2 atom stereocenters. The number of esters is 1. The first-order chi connectivity index (χ1) is 13.5. The molecule has 146 valence electrons. The van der Waals surface area contributed by atoms with Crippen LogP contribution in [0.5, 0.6) is 5.75 Å². The monoisotopic (exact) mass is 380 g/mol. The van der Waals surface area contributed by atoms with E-state index in [2.05, 4.69) is 5.32 Å². The molecule has 0 unspecified atom stereocenters.